The Morgan fingerprint density at radius 1 is 0.759 bits per heavy atom. The summed E-state index contributed by atoms with van der Waals surface area (Å²) in [4.78, 5) is 53.2. The van der Waals surface area contributed by atoms with E-state index in [0.717, 1.165) is 38.5 Å². The van der Waals surface area contributed by atoms with E-state index >= 15 is 0 Å². The number of aliphatic hydroxyl groups excluding tert-OH is 1. The van der Waals surface area contributed by atoms with Gasteiger partial charge in [0.2, 0.25) is 0 Å². The van der Waals surface area contributed by atoms with Gasteiger partial charge in [0.15, 0.2) is 11.4 Å². The molecule has 58 heavy (non-hydrogen) atoms. The fourth-order valence-corrected chi connectivity index (χ4v) is 11.0. The summed E-state index contributed by atoms with van der Waals surface area (Å²) in [6, 6.07) is 0. The molecule has 0 saturated heterocycles. The first-order valence-electron chi connectivity index (χ1n) is 23.2. The van der Waals surface area contributed by atoms with Crippen LogP contribution in [0.4, 0.5) is 0 Å². The zero-order valence-corrected chi connectivity index (χ0v) is 36.9. The molecule has 330 valence electrons. The van der Waals surface area contributed by atoms with Crippen LogP contribution in [-0.2, 0) is 33.4 Å². The lowest BCUT2D eigenvalue weighted by molar-refractivity contribution is -0.228. The minimum Gasteiger partial charge on any atom is -0.461 e. The molecule has 0 aromatic carbocycles. The third kappa shape index (κ3) is 10.5. The largest absolute Gasteiger partial charge is 0.461 e. The number of rotatable bonds is 27. The van der Waals surface area contributed by atoms with E-state index in [1.54, 1.807) is 32.9 Å². The van der Waals surface area contributed by atoms with Crippen LogP contribution in [0.15, 0.2) is 23.3 Å². The van der Waals surface area contributed by atoms with Crippen LogP contribution >= 0.6 is 0 Å². The van der Waals surface area contributed by atoms with Crippen LogP contribution in [0.3, 0.4) is 0 Å². The van der Waals surface area contributed by atoms with E-state index in [1.165, 1.54) is 84.0 Å². The third-order valence-corrected chi connectivity index (χ3v) is 14.3. The van der Waals surface area contributed by atoms with E-state index in [1.807, 2.05) is 0 Å². The normalized spacial score (nSPS) is 32.3. The number of unbranched alkanes of at least 4 members (excludes halogenated alkanes) is 18. The number of carbonyl (C=O) groups excluding carboxylic acids is 4. The molecule has 4 aliphatic carbocycles. The van der Waals surface area contributed by atoms with Gasteiger partial charge in [-0.3, -0.25) is 19.2 Å². The van der Waals surface area contributed by atoms with Gasteiger partial charge in [0, 0.05) is 55.3 Å². The Labute approximate surface area is 349 Å². The van der Waals surface area contributed by atoms with Crippen molar-refractivity contribution in [3.63, 3.8) is 0 Å². The van der Waals surface area contributed by atoms with Crippen LogP contribution in [-0.4, -0.2) is 75.1 Å². The molecule has 0 bridgehead atoms. The first-order chi connectivity index (χ1) is 27.7. The van der Waals surface area contributed by atoms with Crippen molar-refractivity contribution >= 4 is 23.7 Å². The number of fused-ring (bicyclic) bond motifs is 5. The Hall–Kier alpha value is -2.56. The maximum atomic E-state index is 13.8. The topological polar surface area (TPSA) is 157 Å². The molecule has 2 fully saturated rings. The number of aliphatic hydroxyl groups is 3. The predicted octanol–water partition coefficient (Wildman–Crippen LogP) is 9.20. The third-order valence-electron chi connectivity index (χ3n) is 14.3. The second-order valence-corrected chi connectivity index (χ2v) is 18.7. The molecule has 3 N–H and O–H groups in total. The monoisotopic (exact) mass is 815 g/mol. The van der Waals surface area contributed by atoms with Crippen molar-refractivity contribution in [1.29, 1.82) is 0 Å². The average molecular weight is 815 g/mol. The van der Waals surface area contributed by atoms with Crippen LogP contribution in [0.1, 0.15) is 189 Å². The molecule has 4 rings (SSSR count). The Morgan fingerprint density at radius 3 is 1.72 bits per heavy atom. The molecular formula is C48H78O10. The first kappa shape index (κ1) is 48.1. The summed E-state index contributed by atoms with van der Waals surface area (Å²) in [6.07, 6.45) is 25.1. The van der Waals surface area contributed by atoms with Crippen molar-refractivity contribution in [3.05, 3.63) is 23.3 Å². The highest BCUT2D eigenvalue weighted by Crippen LogP contribution is 2.77. The van der Waals surface area contributed by atoms with Crippen LogP contribution in [0.2, 0.25) is 0 Å². The van der Waals surface area contributed by atoms with E-state index < -0.39 is 76.3 Å². The van der Waals surface area contributed by atoms with Crippen molar-refractivity contribution in [2.75, 3.05) is 13.2 Å². The van der Waals surface area contributed by atoms with E-state index in [2.05, 4.69) is 13.8 Å². The number of hydrogen-bond acceptors (Lipinski definition) is 10. The quantitative estimate of drug-likeness (QED) is 0.0316. The van der Waals surface area contributed by atoms with Crippen molar-refractivity contribution in [2.45, 2.75) is 212 Å². The Morgan fingerprint density at radius 2 is 1.24 bits per heavy atom. The molecule has 10 nitrogen and oxygen atoms in total. The standard InChI is InChI=1S/C48H78O10/c1-7-9-11-13-15-16-17-18-19-20-22-24-26-28-41(52)57-44-35(4)47(55)38(42-45(6,33-49)48(42,44)58-36(5)50)30-37(31-46(54)39(47)29-34(3)43(46)53)32-56-40(51)27-25-23-21-14-12-10-8-2/h29-30,35,38-39,42,44,49,54-55H,7-28,31-33H2,1-6H3/t35-,38+,39-,42-,44-,45-,46-,47-,48-/m1/s1. The summed E-state index contributed by atoms with van der Waals surface area (Å²) < 4.78 is 18.2. The summed E-state index contributed by atoms with van der Waals surface area (Å²) in [6.45, 7) is 10.2. The summed E-state index contributed by atoms with van der Waals surface area (Å²) >= 11 is 0. The fraction of sp³-hybridized carbons (Fsp3) is 0.833. The molecule has 0 unspecified atom stereocenters. The molecule has 4 aliphatic rings. The average Bonchev–Trinajstić information content (AvgIpc) is 3.66. The maximum absolute atomic E-state index is 13.8. The lowest BCUT2D eigenvalue weighted by Gasteiger charge is -2.53. The predicted molar refractivity (Wildman–Crippen MR) is 224 cm³/mol. The van der Waals surface area contributed by atoms with Gasteiger partial charge >= 0.3 is 17.9 Å². The minimum atomic E-state index is -2.05. The number of carbonyl (C=O) groups is 4. The van der Waals surface area contributed by atoms with E-state index in [9.17, 15) is 34.5 Å². The minimum absolute atomic E-state index is 0.151. The highest BCUT2D eigenvalue weighted by atomic mass is 16.6. The van der Waals surface area contributed by atoms with Crippen molar-refractivity contribution in [3.8, 4) is 0 Å². The molecule has 0 radical (unpaired) electrons. The number of ether oxygens (including phenoxy) is 3. The molecule has 0 aromatic heterocycles. The van der Waals surface area contributed by atoms with E-state index in [-0.39, 0.29) is 31.8 Å². The summed E-state index contributed by atoms with van der Waals surface area (Å²) in [5.74, 6) is -5.65. The van der Waals surface area contributed by atoms with Crippen LogP contribution in [0, 0.1) is 29.1 Å². The van der Waals surface area contributed by atoms with Crippen LogP contribution in [0.25, 0.3) is 0 Å². The zero-order chi connectivity index (χ0) is 42.6. The van der Waals surface area contributed by atoms with Crippen LogP contribution < -0.4 is 0 Å². The lowest BCUT2D eigenvalue weighted by atomic mass is 9.59. The molecule has 2 saturated carbocycles. The van der Waals surface area contributed by atoms with Gasteiger partial charge in [0.1, 0.15) is 18.3 Å². The second-order valence-electron chi connectivity index (χ2n) is 18.7. The van der Waals surface area contributed by atoms with Gasteiger partial charge in [0.25, 0.3) is 0 Å². The van der Waals surface area contributed by atoms with Crippen molar-refractivity contribution in [1.82, 2.24) is 0 Å². The molecule has 9 atom stereocenters. The number of Topliss-reactive ketones (excluding diaryl/α,β-unsaturated/α-hetero) is 1. The zero-order valence-electron chi connectivity index (χ0n) is 36.9. The highest BCUT2D eigenvalue weighted by molar-refractivity contribution is 6.04. The molecule has 0 spiro atoms. The van der Waals surface area contributed by atoms with Gasteiger partial charge in [-0.1, -0.05) is 155 Å². The summed E-state index contributed by atoms with van der Waals surface area (Å²) in [5.41, 5.74) is -5.76. The number of ketones is 1. The Bertz CT molecular complexity index is 1450. The molecule has 0 aliphatic heterocycles. The summed E-state index contributed by atoms with van der Waals surface area (Å²) in [7, 11) is 0. The second kappa shape index (κ2) is 21.8. The van der Waals surface area contributed by atoms with Crippen molar-refractivity contribution in [2.24, 2.45) is 29.1 Å². The lowest BCUT2D eigenvalue weighted by Crippen LogP contribution is -2.66. The smallest absolute Gasteiger partial charge is 0.306 e. The SMILES string of the molecule is CCCCCCCCCCCCCCCC(=O)O[C@@H]1[C@@H](C)[C@@]2(O)[C@@H](C=C(COC(=O)CCCCCCCCC)C[C@]3(O)C(=O)C(C)=C[C@@H]23)[C@H]2[C@]1(OC(C)=O)[C@]2(C)CO. The summed E-state index contributed by atoms with van der Waals surface area (Å²) in [5, 5.41) is 36.5. The fourth-order valence-electron chi connectivity index (χ4n) is 11.0. The van der Waals surface area contributed by atoms with Gasteiger partial charge in [-0.15, -0.1) is 0 Å². The molecule has 0 amide bonds. The Balaban J connectivity index is 1.48. The molecule has 0 heterocycles. The maximum Gasteiger partial charge on any atom is 0.306 e. The molecule has 0 aromatic rings. The number of hydrogen-bond donors (Lipinski definition) is 3. The first-order valence-corrected chi connectivity index (χ1v) is 23.2. The molecular weight excluding hydrogens is 737 g/mol. The van der Waals surface area contributed by atoms with E-state index in [4.69, 9.17) is 14.2 Å². The van der Waals surface area contributed by atoms with Crippen LogP contribution in [0.5, 0.6) is 0 Å². The molecule has 10 heteroatoms. The van der Waals surface area contributed by atoms with Gasteiger partial charge in [-0.05, 0) is 30.9 Å². The van der Waals surface area contributed by atoms with Crippen molar-refractivity contribution < 1.29 is 48.7 Å². The van der Waals surface area contributed by atoms with E-state index in [0.29, 0.717) is 24.0 Å². The van der Waals surface area contributed by atoms with Gasteiger partial charge in [-0.2, -0.15) is 0 Å². The van der Waals surface area contributed by atoms with Gasteiger partial charge < -0.3 is 29.5 Å². The van der Waals surface area contributed by atoms with Gasteiger partial charge in [-0.25, -0.2) is 0 Å². The van der Waals surface area contributed by atoms with Gasteiger partial charge in [0.05, 0.1) is 12.2 Å². The number of esters is 3. The highest BCUT2D eigenvalue weighted by Gasteiger charge is 2.89. The Kier molecular flexibility index (Phi) is 18.1.